The summed E-state index contributed by atoms with van der Waals surface area (Å²) >= 11 is 0. The first-order valence-electron chi connectivity index (χ1n) is 9.27. The summed E-state index contributed by atoms with van der Waals surface area (Å²) in [6.07, 6.45) is 6.79. The summed E-state index contributed by atoms with van der Waals surface area (Å²) in [5, 5.41) is 0. The van der Waals surface area contributed by atoms with Crippen LogP contribution in [0.2, 0.25) is 0 Å². The Morgan fingerprint density at radius 2 is 1.81 bits per heavy atom. The van der Waals surface area contributed by atoms with Crippen LogP contribution in [0.1, 0.15) is 34.0 Å². The van der Waals surface area contributed by atoms with Crippen LogP contribution in [0.25, 0.3) is 6.08 Å². The van der Waals surface area contributed by atoms with Crippen LogP contribution < -0.4 is 9.30 Å². The Morgan fingerprint density at radius 3 is 2.56 bits per heavy atom. The largest absolute Gasteiger partial charge is 0.494 e. The Bertz CT molecular complexity index is 989. The Labute approximate surface area is 159 Å². The van der Waals surface area contributed by atoms with Gasteiger partial charge in [0.25, 0.3) is 0 Å². The van der Waals surface area contributed by atoms with Gasteiger partial charge in [0.15, 0.2) is 24.7 Å². The average molecular weight is 356 g/mol. The van der Waals surface area contributed by atoms with E-state index in [1.807, 2.05) is 37.3 Å². The number of ether oxygens (including phenoxy) is 1. The first kappa shape index (κ1) is 17.2. The molecule has 0 fully saturated rings. The van der Waals surface area contributed by atoms with E-state index < -0.39 is 0 Å². The van der Waals surface area contributed by atoms with Crippen molar-refractivity contribution in [3.05, 3.63) is 101 Å². The lowest BCUT2D eigenvalue weighted by Crippen LogP contribution is -2.33. The number of ketones is 1. The van der Waals surface area contributed by atoms with Crippen LogP contribution in [-0.4, -0.2) is 12.4 Å². The van der Waals surface area contributed by atoms with Gasteiger partial charge in [-0.2, -0.15) is 0 Å². The SMILES string of the molecule is CCOc1ccc2c(c1)C(=O)C(=Cc1cc[n+](Cc3ccccc3)cc1)C2. The Balaban J connectivity index is 1.51. The molecular formula is C24H22NO2+. The summed E-state index contributed by atoms with van der Waals surface area (Å²) < 4.78 is 7.66. The van der Waals surface area contributed by atoms with Crippen LogP contribution in [0.5, 0.6) is 5.75 Å². The van der Waals surface area contributed by atoms with Crippen LogP contribution in [0.3, 0.4) is 0 Å². The second-order valence-corrected chi connectivity index (χ2v) is 6.72. The fourth-order valence-corrected chi connectivity index (χ4v) is 3.42. The zero-order chi connectivity index (χ0) is 18.6. The van der Waals surface area contributed by atoms with E-state index in [4.69, 9.17) is 4.74 Å². The number of carbonyl (C=O) groups is 1. The lowest BCUT2D eigenvalue weighted by Gasteiger charge is -2.04. The van der Waals surface area contributed by atoms with Crippen molar-refractivity contribution in [2.45, 2.75) is 19.9 Å². The summed E-state index contributed by atoms with van der Waals surface area (Å²) in [5.74, 6) is 0.861. The van der Waals surface area contributed by atoms with E-state index in [1.165, 1.54) is 5.56 Å². The van der Waals surface area contributed by atoms with Gasteiger partial charge in [-0.1, -0.05) is 36.4 Å². The predicted molar refractivity (Wildman–Crippen MR) is 106 cm³/mol. The maximum absolute atomic E-state index is 12.7. The molecule has 3 aromatic rings. The van der Waals surface area contributed by atoms with Crippen LogP contribution >= 0.6 is 0 Å². The number of benzene rings is 2. The molecule has 0 unspecified atom stereocenters. The molecule has 4 rings (SSSR count). The van der Waals surface area contributed by atoms with Crippen LogP contribution in [0.4, 0.5) is 0 Å². The number of fused-ring (bicyclic) bond motifs is 1. The smallest absolute Gasteiger partial charge is 0.189 e. The molecule has 0 atom stereocenters. The molecule has 3 heteroatoms. The standard InChI is InChI=1S/C24H22NO2/c1-2-27-22-9-8-20-15-21(24(26)23(20)16-22)14-18-10-12-25(13-11-18)17-19-6-4-3-5-7-19/h3-14,16H,2,15,17H2,1H3/q+1. The maximum atomic E-state index is 12.7. The molecule has 134 valence electrons. The van der Waals surface area contributed by atoms with Gasteiger partial charge in [-0.25, -0.2) is 4.57 Å². The van der Waals surface area contributed by atoms with Crippen molar-refractivity contribution in [1.29, 1.82) is 0 Å². The van der Waals surface area contributed by atoms with Gasteiger partial charge in [-0.15, -0.1) is 0 Å². The number of aromatic nitrogens is 1. The number of Topliss-reactive ketones (excluding diaryl/α,β-unsaturated/α-hetero) is 1. The molecule has 0 saturated carbocycles. The molecule has 27 heavy (non-hydrogen) atoms. The van der Waals surface area contributed by atoms with Crippen molar-refractivity contribution in [2.24, 2.45) is 0 Å². The molecule has 1 aliphatic carbocycles. The summed E-state index contributed by atoms with van der Waals surface area (Å²) in [4.78, 5) is 12.7. The quantitative estimate of drug-likeness (QED) is 0.505. The number of allylic oxidation sites excluding steroid dienone is 1. The minimum atomic E-state index is 0.104. The van der Waals surface area contributed by atoms with E-state index in [2.05, 4.69) is 53.4 Å². The number of rotatable bonds is 5. The van der Waals surface area contributed by atoms with Crippen molar-refractivity contribution in [3.63, 3.8) is 0 Å². The highest BCUT2D eigenvalue weighted by Crippen LogP contribution is 2.30. The molecule has 1 aromatic heterocycles. The third-order valence-electron chi connectivity index (χ3n) is 4.78. The van der Waals surface area contributed by atoms with Crippen molar-refractivity contribution in [1.82, 2.24) is 0 Å². The molecule has 0 N–H and O–H groups in total. The molecule has 0 radical (unpaired) electrons. The van der Waals surface area contributed by atoms with E-state index >= 15 is 0 Å². The molecule has 0 saturated heterocycles. The second kappa shape index (κ2) is 7.58. The van der Waals surface area contributed by atoms with Crippen molar-refractivity contribution < 1.29 is 14.1 Å². The van der Waals surface area contributed by atoms with Crippen LogP contribution in [0.15, 0.2) is 78.6 Å². The zero-order valence-electron chi connectivity index (χ0n) is 15.4. The van der Waals surface area contributed by atoms with E-state index in [1.54, 1.807) is 0 Å². The van der Waals surface area contributed by atoms with Crippen LogP contribution in [0, 0.1) is 0 Å². The van der Waals surface area contributed by atoms with E-state index in [0.29, 0.717) is 13.0 Å². The molecule has 0 amide bonds. The molecule has 1 aliphatic rings. The summed E-state index contributed by atoms with van der Waals surface area (Å²) in [7, 11) is 0. The third kappa shape index (κ3) is 3.82. The van der Waals surface area contributed by atoms with Crippen molar-refractivity contribution in [3.8, 4) is 5.75 Å². The number of pyridine rings is 1. The lowest BCUT2D eigenvalue weighted by atomic mass is 10.1. The first-order valence-corrected chi connectivity index (χ1v) is 9.27. The fourth-order valence-electron chi connectivity index (χ4n) is 3.42. The highest BCUT2D eigenvalue weighted by Gasteiger charge is 2.25. The van der Waals surface area contributed by atoms with Crippen LogP contribution in [-0.2, 0) is 13.0 Å². The predicted octanol–water partition coefficient (Wildman–Crippen LogP) is 4.24. The van der Waals surface area contributed by atoms with Gasteiger partial charge < -0.3 is 4.74 Å². The fraction of sp³-hybridized carbons (Fsp3) is 0.167. The van der Waals surface area contributed by atoms with Gasteiger partial charge in [0.05, 0.1) is 6.61 Å². The van der Waals surface area contributed by atoms with Crippen molar-refractivity contribution >= 4 is 11.9 Å². The minimum Gasteiger partial charge on any atom is -0.494 e. The Hall–Kier alpha value is -3.20. The highest BCUT2D eigenvalue weighted by atomic mass is 16.5. The number of hydrogen-bond donors (Lipinski definition) is 0. The summed E-state index contributed by atoms with van der Waals surface area (Å²) in [6, 6.07) is 20.3. The monoisotopic (exact) mass is 356 g/mol. The second-order valence-electron chi connectivity index (χ2n) is 6.72. The lowest BCUT2D eigenvalue weighted by molar-refractivity contribution is -0.688. The third-order valence-corrected chi connectivity index (χ3v) is 4.78. The molecule has 2 aromatic carbocycles. The Kier molecular flexibility index (Phi) is 4.84. The van der Waals surface area contributed by atoms with Gasteiger partial charge in [0, 0.05) is 35.3 Å². The number of carbonyl (C=O) groups excluding carboxylic acids is 1. The molecule has 1 heterocycles. The first-order chi connectivity index (χ1) is 13.2. The molecule has 0 aliphatic heterocycles. The highest BCUT2D eigenvalue weighted by molar-refractivity contribution is 6.15. The number of nitrogens with zero attached hydrogens (tertiary/aromatic N) is 1. The van der Waals surface area contributed by atoms with Crippen molar-refractivity contribution in [2.75, 3.05) is 6.61 Å². The average Bonchev–Trinajstić information content (AvgIpc) is 3.00. The van der Waals surface area contributed by atoms with E-state index in [-0.39, 0.29) is 5.78 Å². The molecule has 0 bridgehead atoms. The molecule has 0 spiro atoms. The molecule has 3 nitrogen and oxygen atoms in total. The summed E-state index contributed by atoms with van der Waals surface area (Å²) in [6.45, 7) is 3.38. The number of hydrogen-bond acceptors (Lipinski definition) is 2. The van der Waals surface area contributed by atoms with E-state index in [0.717, 1.165) is 34.6 Å². The van der Waals surface area contributed by atoms with Gasteiger partial charge >= 0.3 is 0 Å². The van der Waals surface area contributed by atoms with E-state index in [9.17, 15) is 4.79 Å². The summed E-state index contributed by atoms with van der Waals surface area (Å²) in [5.41, 5.74) is 4.98. The zero-order valence-corrected chi connectivity index (χ0v) is 15.4. The van der Waals surface area contributed by atoms with Gasteiger partial charge in [-0.3, -0.25) is 4.79 Å². The topological polar surface area (TPSA) is 30.2 Å². The van der Waals surface area contributed by atoms with Gasteiger partial charge in [0.1, 0.15) is 5.75 Å². The molecular weight excluding hydrogens is 334 g/mol. The maximum Gasteiger partial charge on any atom is 0.189 e. The van der Waals surface area contributed by atoms with Gasteiger partial charge in [-0.05, 0) is 36.3 Å². The normalized spacial score (nSPS) is 14.4. The van der Waals surface area contributed by atoms with Gasteiger partial charge in [0.2, 0.25) is 0 Å². The Morgan fingerprint density at radius 1 is 1.04 bits per heavy atom. The minimum absolute atomic E-state index is 0.104.